The minimum absolute atomic E-state index is 0.00627. The molecule has 1 fully saturated rings. The van der Waals surface area contributed by atoms with E-state index in [9.17, 15) is 4.79 Å². The molecular weight excluding hydrogens is 216 g/mol. The van der Waals surface area contributed by atoms with Crippen LogP contribution in [0.25, 0.3) is 0 Å². The van der Waals surface area contributed by atoms with Crippen LogP contribution < -0.4 is 10.6 Å². The Labute approximate surface area is 104 Å². The molecule has 4 nitrogen and oxygen atoms in total. The predicted molar refractivity (Wildman–Crippen MR) is 68.9 cm³/mol. The van der Waals surface area contributed by atoms with Crippen LogP contribution in [0.3, 0.4) is 0 Å². The first-order chi connectivity index (χ1) is 7.96. The fourth-order valence-electron chi connectivity index (χ4n) is 2.09. The van der Waals surface area contributed by atoms with Gasteiger partial charge in [0.15, 0.2) is 0 Å². The highest BCUT2D eigenvalue weighted by Gasteiger charge is 2.30. The molecule has 17 heavy (non-hydrogen) atoms. The topological polar surface area (TPSA) is 50.4 Å². The van der Waals surface area contributed by atoms with E-state index in [0.29, 0.717) is 12.5 Å². The number of methoxy groups -OCH3 is 1. The molecule has 2 atom stereocenters. The lowest BCUT2D eigenvalue weighted by Gasteiger charge is -2.26. The van der Waals surface area contributed by atoms with Gasteiger partial charge in [-0.05, 0) is 30.7 Å². The van der Waals surface area contributed by atoms with Crippen molar-refractivity contribution in [1.82, 2.24) is 10.6 Å². The van der Waals surface area contributed by atoms with Gasteiger partial charge in [0, 0.05) is 20.3 Å². The Hall–Kier alpha value is -0.610. The van der Waals surface area contributed by atoms with Crippen LogP contribution in [0.5, 0.6) is 0 Å². The van der Waals surface area contributed by atoms with E-state index in [-0.39, 0.29) is 17.4 Å². The van der Waals surface area contributed by atoms with Crippen LogP contribution in [-0.2, 0) is 9.53 Å². The van der Waals surface area contributed by atoms with Crippen molar-refractivity contribution in [3.63, 3.8) is 0 Å². The lowest BCUT2D eigenvalue weighted by Crippen LogP contribution is -2.46. The van der Waals surface area contributed by atoms with Crippen LogP contribution in [0, 0.1) is 11.3 Å². The molecule has 2 unspecified atom stereocenters. The van der Waals surface area contributed by atoms with Crippen molar-refractivity contribution in [1.29, 1.82) is 0 Å². The van der Waals surface area contributed by atoms with Gasteiger partial charge in [-0.25, -0.2) is 0 Å². The summed E-state index contributed by atoms with van der Waals surface area (Å²) in [6.07, 6.45) is 2.04. The van der Waals surface area contributed by atoms with Crippen molar-refractivity contribution in [3.8, 4) is 0 Å². The lowest BCUT2D eigenvalue weighted by molar-refractivity contribution is -0.124. The number of rotatable bonds is 6. The highest BCUT2D eigenvalue weighted by Crippen LogP contribution is 2.19. The molecule has 0 spiro atoms. The second-order valence-corrected chi connectivity index (χ2v) is 5.82. The van der Waals surface area contributed by atoms with Crippen LogP contribution in [0.2, 0.25) is 0 Å². The van der Waals surface area contributed by atoms with Crippen molar-refractivity contribution in [2.24, 2.45) is 11.3 Å². The maximum Gasteiger partial charge on any atom is 0.237 e. The summed E-state index contributed by atoms with van der Waals surface area (Å²) in [5.41, 5.74) is 0.0908. The van der Waals surface area contributed by atoms with Gasteiger partial charge in [0.1, 0.15) is 0 Å². The largest absolute Gasteiger partial charge is 0.385 e. The number of nitrogens with one attached hydrogen (secondary N) is 2. The molecule has 100 valence electrons. The van der Waals surface area contributed by atoms with Crippen LogP contribution in [0.1, 0.15) is 33.6 Å². The zero-order valence-corrected chi connectivity index (χ0v) is 11.5. The summed E-state index contributed by atoms with van der Waals surface area (Å²) in [4.78, 5) is 12.0. The highest BCUT2D eigenvalue weighted by atomic mass is 16.5. The summed E-state index contributed by atoms with van der Waals surface area (Å²) in [7, 11) is 1.71. The summed E-state index contributed by atoms with van der Waals surface area (Å²) in [5.74, 6) is 0.581. The molecule has 0 bridgehead atoms. The van der Waals surface area contributed by atoms with Gasteiger partial charge in [-0.2, -0.15) is 0 Å². The van der Waals surface area contributed by atoms with E-state index in [4.69, 9.17) is 4.74 Å². The van der Waals surface area contributed by atoms with E-state index in [2.05, 4.69) is 31.4 Å². The van der Waals surface area contributed by atoms with E-state index in [1.807, 2.05) is 0 Å². The molecule has 0 aliphatic carbocycles. The summed E-state index contributed by atoms with van der Waals surface area (Å²) < 4.78 is 5.08. The molecule has 1 rings (SSSR count). The van der Waals surface area contributed by atoms with E-state index < -0.39 is 0 Å². The number of hydrogen-bond donors (Lipinski definition) is 2. The van der Waals surface area contributed by atoms with E-state index >= 15 is 0 Å². The summed E-state index contributed by atoms with van der Waals surface area (Å²) in [6, 6.07) is -0.00627. The maximum absolute atomic E-state index is 12.0. The number of amides is 1. The first kappa shape index (κ1) is 14.5. The number of hydrogen-bond acceptors (Lipinski definition) is 3. The minimum atomic E-state index is -0.00627. The maximum atomic E-state index is 12.0. The lowest BCUT2D eigenvalue weighted by atomic mass is 9.89. The minimum Gasteiger partial charge on any atom is -0.385 e. The van der Waals surface area contributed by atoms with E-state index in [1.54, 1.807) is 7.11 Å². The third-order valence-electron chi connectivity index (χ3n) is 3.54. The summed E-state index contributed by atoms with van der Waals surface area (Å²) in [5, 5.41) is 6.30. The van der Waals surface area contributed by atoms with Gasteiger partial charge in [0.25, 0.3) is 0 Å². The monoisotopic (exact) mass is 242 g/mol. The second-order valence-electron chi connectivity index (χ2n) is 5.82. The fourth-order valence-corrected chi connectivity index (χ4v) is 2.09. The smallest absolute Gasteiger partial charge is 0.237 e. The molecular formula is C13H26N2O2. The molecule has 0 radical (unpaired) electrons. The number of ether oxygens (including phenoxy) is 1. The van der Waals surface area contributed by atoms with Crippen LogP contribution in [0.15, 0.2) is 0 Å². The van der Waals surface area contributed by atoms with E-state index in [1.165, 1.54) is 0 Å². The Kier molecular flexibility index (Phi) is 5.40. The normalized spacial score (nSPS) is 24.9. The SMILES string of the molecule is COCCC(C)(C)CNC(=O)C1NCCC1C. The summed E-state index contributed by atoms with van der Waals surface area (Å²) >= 11 is 0. The quantitative estimate of drug-likeness (QED) is 0.735. The molecule has 1 saturated heterocycles. The van der Waals surface area contributed by atoms with Crippen LogP contribution >= 0.6 is 0 Å². The Bertz CT molecular complexity index is 254. The number of carbonyl (C=O) groups excluding carboxylic acids is 1. The van der Waals surface area contributed by atoms with Crippen LogP contribution in [0.4, 0.5) is 0 Å². The molecule has 0 saturated carbocycles. The third-order valence-corrected chi connectivity index (χ3v) is 3.54. The van der Waals surface area contributed by atoms with Crippen molar-refractivity contribution in [2.75, 3.05) is 26.8 Å². The number of carbonyl (C=O) groups is 1. The Morgan fingerprint density at radius 3 is 2.76 bits per heavy atom. The Morgan fingerprint density at radius 2 is 2.24 bits per heavy atom. The molecule has 1 amide bonds. The molecule has 4 heteroatoms. The zero-order chi connectivity index (χ0) is 12.9. The average molecular weight is 242 g/mol. The van der Waals surface area contributed by atoms with Crippen molar-refractivity contribution >= 4 is 5.91 Å². The highest BCUT2D eigenvalue weighted by molar-refractivity contribution is 5.82. The molecule has 1 heterocycles. The van der Waals surface area contributed by atoms with Crippen molar-refractivity contribution in [3.05, 3.63) is 0 Å². The third kappa shape index (κ3) is 4.64. The molecule has 0 aromatic heterocycles. The first-order valence-electron chi connectivity index (χ1n) is 6.46. The van der Waals surface area contributed by atoms with Gasteiger partial charge >= 0.3 is 0 Å². The van der Waals surface area contributed by atoms with Gasteiger partial charge in [-0.1, -0.05) is 20.8 Å². The molecule has 1 aliphatic heterocycles. The van der Waals surface area contributed by atoms with Gasteiger partial charge in [-0.3, -0.25) is 4.79 Å². The predicted octanol–water partition coefficient (Wildman–Crippen LogP) is 1.16. The standard InChI is InChI=1S/C13H26N2O2/c1-10-5-7-14-11(10)12(16)15-9-13(2,3)6-8-17-4/h10-11,14H,5-9H2,1-4H3,(H,15,16). The fraction of sp³-hybridized carbons (Fsp3) is 0.923. The van der Waals surface area contributed by atoms with Gasteiger partial charge in [0.2, 0.25) is 5.91 Å². The second kappa shape index (κ2) is 6.36. The van der Waals surface area contributed by atoms with Crippen LogP contribution in [-0.4, -0.2) is 38.8 Å². The average Bonchev–Trinajstić information content (AvgIpc) is 2.70. The molecule has 0 aromatic carbocycles. The molecule has 1 aliphatic rings. The van der Waals surface area contributed by atoms with Crippen molar-refractivity contribution < 1.29 is 9.53 Å². The zero-order valence-electron chi connectivity index (χ0n) is 11.5. The summed E-state index contributed by atoms with van der Waals surface area (Å²) in [6.45, 7) is 8.82. The Balaban J connectivity index is 2.31. The molecule has 0 aromatic rings. The van der Waals surface area contributed by atoms with E-state index in [0.717, 1.165) is 26.0 Å². The molecule has 2 N–H and O–H groups in total. The first-order valence-corrected chi connectivity index (χ1v) is 6.46. The van der Waals surface area contributed by atoms with Gasteiger partial charge < -0.3 is 15.4 Å². The van der Waals surface area contributed by atoms with Gasteiger partial charge in [0.05, 0.1) is 6.04 Å². The van der Waals surface area contributed by atoms with Gasteiger partial charge in [-0.15, -0.1) is 0 Å². The van der Waals surface area contributed by atoms with Crippen molar-refractivity contribution in [2.45, 2.75) is 39.7 Å². The Morgan fingerprint density at radius 1 is 1.53 bits per heavy atom.